The Kier molecular flexibility index (Phi) is 4.93. The van der Waals surface area contributed by atoms with Crippen molar-refractivity contribution in [3.8, 4) is 0 Å². The molecule has 24 heavy (non-hydrogen) atoms. The SMILES string of the molecule is O=C(N/N=C/c1ccccc1C(F)(F)F)c1cccc([N+](=O)[O-])c1. The number of amides is 1. The summed E-state index contributed by atoms with van der Waals surface area (Å²) in [5.74, 6) is -0.778. The van der Waals surface area contributed by atoms with Crippen molar-refractivity contribution in [3.05, 3.63) is 75.3 Å². The number of hydrogen-bond acceptors (Lipinski definition) is 4. The molecule has 0 spiro atoms. The summed E-state index contributed by atoms with van der Waals surface area (Å²) in [5, 5.41) is 14.1. The van der Waals surface area contributed by atoms with Gasteiger partial charge in [-0.15, -0.1) is 0 Å². The molecule has 0 radical (unpaired) electrons. The fourth-order valence-electron chi connectivity index (χ4n) is 1.85. The van der Waals surface area contributed by atoms with E-state index < -0.39 is 22.6 Å². The molecule has 0 fully saturated rings. The van der Waals surface area contributed by atoms with Gasteiger partial charge in [-0.25, -0.2) is 5.43 Å². The summed E-state index contributed by atoms with van der Waals surface area (Å²) < 4.78 is 38.4. The van der Waals surface area contributed by atoms with Crippen LogP contribution in [0.1, 0.15) is 21.5 Å². The van der Waals surface area contributed by atoms with Gasteiger partial charge in [0.15, 0.2) is 0 Å². The van der Waals surface area contributed by atoms with Gasteiger partial charge in [0.2, 0.25) is 0 Å². The van der Waals surface area contributed by atoms with Crippen LogP contribution in [0.15, 0.2) is 53.6 Å². The quantitative estimate of drug-likeness (QED) is 0.527. The van der Waals surface area contributed by atoms with Gasteiger partial charge in [-0.2, -0.15) is 18.3 Å². The Morgan fingerprint density at radius 3 is 2.54 bits per heavy atom. The van der Waals surface area contributed by atoms with E-state index in [0.29, 0.717) is 0 Å². The Balaban J connectivity index is 2.14. The van der Waals surface area contributed by atoms with Crippen molar-refractivity contribution < 1.29 is 22.9 Å². The number of hydrazone groups is 1. The fourth-order valence-corrected chi connectivity index (χ4v) is 1.85. The zero-order valence-corrected chi connectivity index (χ0v) is 11.9. The van der Waals surface area contributed by atoms with Crippen molar-refractivity contribution >= 4 is 17.8 Å². The van der Waals surface area contributed by atoms with Crippen molar-refractivity contribution in [1.29, 1.82) is 0 Å². The van der Waals surface area contributed by atoms with Gasteiger partial charge in [0.1, 0.15) is 0 Å². The van der Waals surface area contributed by atoms with Crippen LogP contribution in [0.3, 0.4) is 0 Å². The second-order valence-corrected chi connectivity index (χ2v) is 4.59. The summed E-state index contributed by atoms with van der Waals surface area (Å²) in [6.45, 7) is 0. The lowest BCUT2D eigenvalue weighted by atomic mass is 10.1. The van der Waals surface area contributed by atoms with Crippen LogP contribution in [0.25, 0.3) is 0 Å². The van der Waals surface area contributed by atoms with Gasteiger partial charge in [0.25, 0.3) is 11.6 Å². The van der Waals surface area contributed by atoms with Gasteiger partial charge in [-0.05, 0) is 12.1 Å². The summed E-state index contributed by atoms with van der Waals surface area (Å²) >= 11 is 0. The summed E-state index contributed by atoms with van der Waals surface area (Å²) in [6.07, 6.45) is -3.69. The number of nitro benzene ring substituents is 1. The maximum Gasteiger partial charge on any atom is 0.417 e. The number of nitrogens with zero attached hydrogens (tertiary/aromatic N) is 2. The zero-order valence-electron chi connectivity index (χ0n) is 11.9. The van der Waals surface area contributed by atoms with Crippen molar-refractivity contribution in [2.75, 3.05) is 0 Å². The first kappa shape index (κ1) is 17.1. The Morgan fingerprint density at radius 2 is 1.88 bits per heavy atom. The van der Waals surface area contributed by atoms with Crippen LogP contribution < -0.4 is 5.43 Å². The molecule has 9 heteroatoms. The number of rotatable bonds is 4. The number of halogens is 3. The van der Waals surface area contributed by atoms with Gasteiger partial charge in [0.05, 0.1) is 16.7 Å². The lowest BCUT2D eigenvalue weighted by Gasteiger charge is -2.09. The van der Waals surface area contributed by atoms with Crippen LogP contribution in [0.4, 0.5) is 18.9 Å². The highest BCUT2D eigenvalue weighted by molar-refractivity contribution is 5.95. The highest BCUT2D eigenvalue weighted by atomic mass is 19.4. The minimum atomic E-state index is -4.55. The molecule has 1 N–H and O–H groups in total. The number of nitro groups is 1. The lowest BCUT2D eigenvalue weighted by Crippen LogP contribution is -2.18. The molecule has 0 aliphatic rings. The topological polar surface area (TPSA) is 84.6 Å². The third kappa shape index (κ3) is 4.15. The van der Waals surface area contributed by atoms with Crippen molar-refractivity contribution in [3.63, 3.8) is 0 Å². The van der Waals surface area contributed by atoms with Gasteiger partial charge < -0.3 is 0 Å². The smallest absolute Gasteiger partial charge is 0.267 e. The molecule has 2 aromatic carbocycles. The Morgan fingerprint density at radius 1 is 1.17 bits per heavy atom. The Hall–Kier alpha value is -3.23. The first-order valence-electron chi connectivity index (χ1n) is 6.53. The van der Waals surface area contributed by atoms with Crippen LogP contribution in [0.5, 0.6) is 0 Å². The molecule has 0 aromatic heterocycles. The molecule has 1 amide bonds. The van der Waals surface area contributed by atoms with Crippen LogP contribution >= 0.6 is 0 Å². The van der Waals surface area contributed by atoms with Crippen LogP contribution in [-0.2, 0) is 6.18 Å². The monoisotopic (exact) mass is 337 g/mol. The largest absolute Gasteiger partial charge is 0.417 e. The summed E-state index contributed by atoms with van der Waals surface area (Å²) in [7, 11) is 0. The predicted octanol–water partition coefficient (Wildman–Crippen LogP) is 3.38. The molecule has 2 aromatic rings. The van der Waals surface area contributed by atoms with E-state index in [1.165, 1.54) is 36.4 Å². The molecule has 0 heterocycles. The standard InChI is InChI=1S/C15H10F3N3O3/c16-15(17,18)13-7-2-1-4-11(13)9-19-20-14(22)10-5-3-6-12(8-10)21(23)24/h1-9H,(H,20,22)/b19-9+. The highest BCUT2D eigenvalue weighted by Crippen LogP contribution is 2.31. The third-order valence-electron chi connectivity index (χ3n) is 2.96. The van der Waals surface area contributed by atoms with Gasteiger partial charge in [-0.3, -0.25) is 14.9 Å². The predicted molar refractivity (Wildman–Crippen MR) is 79.6 cm³/mol. The summed E-state index contributed by atoms with van der Waals surface area (Å²) in [4.78, 5) is 21.8. The first-order chi connectivity index (χ1) is 11.3. The second-order valence-electron chi connectivity index (χ2n) is 4.59. The number of benzene rings is 2. The van der Waals surface area contributed by atoms with Gasteiger partial charge in [-0.1, -0.05) is 24.3 Å². The molecular formula is C15H10F3N3O3. The van der Waals surface area contributed by atoms with E-state index in [2.05, 4.69) is 5.10 Å². The second kappa shape index (κ2) is 6.90. The van der Waals surface area contributed by atoms with Crippen molar-refractivity contribution in [1.82, 2.24) is 5.43 Å². The molecule has 0 aliphatic carbocycles. The average Bonchev–Trinajstić information content (AvgIpc) is 2.54. The number of nitrogens with one attached hydrogen (secondary N) is 1. The number of alkyl halides is 3. The highest BCUT2D eigenvalue weighted by Gasteiger charge is 2.32. The first-order valence-corrected chi connectivity index (χ1v) is 6.53. The summed E-state index contributed by atoms with van der Waals surface area (Å²) in [6, 6.07) is 9.61. The van der Waals surface area contributed by atoms with Gasteiger partial charge >= 0.3 is 6.18 Å². The summed E-state index contributed by atoms with van der Waals surface area (Å²) in [5.41, 5.74) is 0.604. The molecule has 124 valence electrons. The van der Waals surface area contributed by atoms with Crippen molar-refractivity contribution in [2.24, 2.45) is 5.10 Å². The maximum absolute atomic E-state index is 12.8. The lowest BCUT2D eigenvalue weighted by molar-refractivity contribution is -0.384. The van der Waals surface area contributed by atoms with E-state index in [-0.39, 0.29) is 16.8 Å². The van der Waals surface area contributed by atoms with E-state index in [9.17, 15) is 28.1 Å². The number of carbonyl (C=O) groups excluding carboxylic acids is 1. The van der Waals surface area contributed by atoms with E-state index in [4.69, 9.17) is 0 Å². The third-order valence-corrected chi connectivity index (χ3v) is 2.96. The Bertz CT molecular complexity index is 804. The molecule has 0 bridgehead atoms. The Labute approximate surface area is 133 Å². The van der Waals surface area contributed by atoms with Crippen LogP contribution in [-0.4, -0.2) is 17.0 Å². The van der Waals surface area contributed by atoms with E-state index in [1.807, 2.05) is 5.43 Å². The van der Waals surface area contributed by atoms with Crippen LogP contribution in [0.2, 0.25) is 0 Å². The minimum Gasteiger partial charge on any atom is -0.267 e. The molecular weight excluding hydrogens is 327 g/mol. The molecule has 6 nitrogen and oxygen atoms in total. The normalized spacial score (nSPS) is 11.5. The molecule has 2 rings (SSSR count). The maximum atomic E-state index is 12.8. The van der Waals surface area contributed by atoms with Crippen molar-refractivity contribution in [2.45, 2.75) is 6.18 Å². The molecule has 0 aliphatic heterocycles. The zero-order chi connectivity index (χ0) is 17.7. The van der Waals surface area contributed by atoms with E-state index >= 15 is 0 Å². The van der Waals surface area contributed by atoms with Gasteiger partial charge in [0, 0.05) is 23.3 Å². The fraction of sp³-hybridized carbons (Fsp3) is 0.0667. The molecule has 0 saturated heterocycles. The van der Waals surface area contributed by atoms with E-state index in [0.717, 1.165) is 18.3 Å². The molecule has 0 unspecified atom stereocenters. The van der Waals surface area contributed by atoms with E-state index in [1.54, 1.807) is 0 Å². The molecule has 0 saturated carbocycles. The van der Waals surface area contributed by atoms with Crippen LogP contribution in [0, 0.1) is 10.1 Å². The number of hydrogen-bond donors (Lipinski definition) is 1. The number of carbonyl (C=O) groups is 1. The number of non-ortho nitro benzene ring substituents is 1. The minimum absolute atomic E-state index is 0.0366. The average molecular weight is 337 g/mol. The molecule has 0 atom stereocenters.